The molecule has 104 valence electrons. The van der Waals surface area contributed by atoms with E-state index in [-0.39, 0.29) is 11.6 Å². The van der Waals surface area contributed by atoms with Crippen molar-refractivity contribution in [2.45, 2.75) is 25.4 Å². The third kappa shape index (κ3) is 2.88. The summed E-state index contributed by atoms with van der Waals surface area (Å²) in [7, 11) is 0. The van der Waals surface area contributed by atoms with Crippen molar-refractivity contribution in [1.29, 1.82) is 0 Å². The average molecular weight is 273 g/mol. The van der Waals surface area contributed by atoms with Crippen LogP contribution in [0.25, 0.3) is 0 Å². The lowest BCUT2D eigenvalue weighted by Crippen LogP contribution is -2.22. The Kier molecular flexibility index (Phi) is 3.79. The van der Waals surface area contributed by atoms with Crippen molar-refractivity contribution >= 4 is 0 Å². The summed E-state index contributed by atoms with van der Waals surface area (Å²) in [5.41, 5.74) is 2.12. The van der Waals surface area contributed by atoms with Gasteiger partial charge in [0.1, 0.15) is 11.6 Å². The maximum atomic E-state index is 13.2. The normalized spacial score (nSPS) is 19.4. The molecule has 0 aliphatic carbocycles. The summed E-state index contributed by atoms with van der Waals surface area (Å²) in [6, 6.07) is 13.8. The van der Waals surface area contributed by atoms with Gasteiger partial charge in [0.15, 0.2) is 0 Å². The first kappa shape index (κ1) is 13.3. The Morgan fingerprint density at radius 1 is 1.00 bits per heavy atom. The molecule has 2 aromatic rings. The van der Waals surface area contributed by atoms with Gasteiger partial charge < -0.3 is 0 Å². The van der Waals surface area contributed by atoms with Crippen LogP contribution in [0.5, 0.6) is 0 Å². The van der Waals surface area contributed by atoms with Crippen molar-refractivity contribution < 1.29 is 8.78 Å². The van der Waals surface area contributed by atoms with Crippen molar-refractivity contribution in [2.24, 2.45) is 0 Å². The Labute approximate surface area is 117 Å². The van der Waals surface area contributed by atoms with E-state index in [1.165, 1.54) is 18.2 Å². The predicted molar refractivity (Wildman–Crippen MR) is 75.2 cm³/mol. The number of likely N-dealkylation sites (tertiary alicyclic amines) is 1. The van der Waals surface area contributed by atoms with Gasteiger partial charge in [-0.2, -0.15) is 0 Å². The van der Waals surface area contributed by atoms with E-state index in [4.69, 9.17) is 0 Å². The average Bonchev–Trinajstić information content (AvgIpc) is 2.88. The van der Waals surface area contributed by atoms with E-state index in [0.717, 1.165) is 37.1 Å². The van der Waals surface area contributed by atoms with E-state index in [0.29, 0.717) is 6.04 Å². The third-order valence-corrected chi connectivity index (χ3v) is 3.89. The van der Waals surface area contributed by atoms with Gasteiger partial charge in [0, 0.05) is 12.6 Å². The molecule has 0 bridgehead atoms. The molecule has 0 N–H and O–H groups in total. The first-order valence-corrected chi connectivity index (χ1v) is 6.96. The van der Waals surface area contributed by atoms with E-state index < -0.39 is 0 Å². The Balaban J connectivity index is 1.77. The Morgan fingerprint density at radius 2 is 1.80 bits per heavy atom. The minimum atomic E-state index is -0.205. The highest BCUT2D eigenvalue weighted by molar-refractivity contribution is 5.22. The van der Waals surface area contributed by atoms with Gasteiger partial charge in [0.2, 0.25) is 0 Å². The standard InChI is InChI=1S/C17H17F2N/c18-15-8-6-14(7-9-15)17-5-2-10-20(17)12-13-3-1-4-16(19)11-13/h1,3-4,6-9,11,17H,2,5,10,12H2/t17-/m1/s1. The SMILES string of the molecule is Fc1ccc([C@H]2CCCN2Cc2cccc(F)c2)cc1. The molecule has 0 aromatic heterocycles. The molecule has 0 radical (unpaired) electrons. The molecule has 0 saturated carbocycles. The first-order chi connectivity index (χ1) is 9.72. The fourth-order valence-corrected chi connectivity index (χ4v) is 2.95. The molecule has 2 aromatic carbocycles. The molecule has 0 unspecified atom stereocenters. The minimum Gasteiger partial charge on any atom is -0.292 e. The molecule has 1 aliphatic heterocycles. The number of hydrogen-bond donors (Lipinski definition) is 0. The van der Waals surface area contributed by atoms with Crippen LogP contribution in [0.4, 0.5) is 8.78 Å². The molecule has 20 heavy (non-hydrogen) atoms. The molecule has 1 saturated heterocycles. The predicted octanol–water partition coefficient (Wildman–Crippen LogP) is 4.30. The van der Waals surface area contributed by atoms with Gasteiger partial charge >= 0.3 is 0 Å². The topological polar surface area (TPSA) is 3.24 Å². The molecular formula is C17H17F2N. The van der Waals surface area contributed by atoms with E-state index >= 15 is 0 Å². The summed E-state index contributed by atoms with van der Waals surface area (Å²) >= 11 is 0. The van der Waals surface area contributed by atoms with Gasteiger partial charge in [-0.15, -0.1) is 0 Å². The lowest BCUT2D eigenvalue weighted by atomic mass is 10.0. The first-order valence-electron chi connectivity index (χ1n) is 6.96. The monoisotopic (exact) mass is 273 g/mol. The van der Waals surface area contributed by atoms with Gasteiger partial charge in [0.05, 0.1) is 0 Å². The van der Waals surface area contributed by atoms with Gasteiger partial charge in [-0.05, 0) is 54.8 Å². The molecule has 1 nitrogen and oxygen atoms in total. The van der Waals surface area contributed by atoms with Gasteiger partial charge in [-0.3, -0.25) is 4.90 Å². The molecular weight excluding hydrogens is 256 g/mol. The number of benzene rings is 2. The van der Waals surface area contributed by atoms with Crippen LogP contribution in [0, 0.1) is 11.6 Å². The molecule has 3 heteroatoms. The highest BCUT2D eigenvalue weighted by Crippen LogP contribution is 2.33. The summed E-state index contributed by atoms with van der Waals surface area (Å²) < 4.78 is 26.3. The highest BCUT2D eigenvalue weighted by Gasteiger charge is 2.25. The molecule has 1 atom stereocenters. The van der Waals surface area contributed by atoms with Crippen LogP contribution in [-0.4, -0.2) is 11.4 Å². The maximum Gasteiger partial charge on any atom is 0.123 e. The Bertz CT molecular complexity index is 580. The highest BCUT2D eigenvalue weighted by atomic mass is 19.1. The van der Waals surface area contributed by atoms with Crippen molar-refractivity contribution in [2.75, 3.05) is 6.54 Å². The van der Waals surface area contributed by atoms with Crippen LogP contribution in [0.1, 0.15) is 30.0 Å². The third-order valence-electron chi connectivity index (χ3n) is 3.89. The number of hydrogen-bond acceptors (Lipinski definition) is 1. The van der Waals surface area contributed by atoms with Crippen molar-refractivity contribution in [1.82, 2.24) is 4.90 Å². The van der Waals surface area contributed by atoms with E-state index in [1.807, 2.05) is 18.2 Å². The molecule has 0 amide bonds. The second-order valence-corrected chi connectivity index (χ2v) is 5.31. The van der Waals surface area contributed by atoms with E-state index in [1.54, 1.807) is 12.1 Å². The second kappa shape index (κ2) is 5.71. The largest absolute Gasteiger partial charge is 0.292 e. The Morgan fingerprint density at radius 3 is 2.55 bits per heavy atom. The lowest BCUT2D eigenvalue weighted by Gasteiger charge is -2.25. The van der Waals surface area contributed by atoms with Crippen molar-refractivity contribution in [3.63, 3.8) is 0 Å². The Hall–Kier alpha value is -1.74. The zero-order valence-electron chi connectivity index (χ0n) is 11.2. The number of nitrogens with zero attached hydrogens (tertiary/aromatic N) is 1. The summed E-state index contributed by atoms with van der Waals surface area (Å²) in [5, 5.41) is 0. The van der Waals surface area contributed by atoms with Crippen LogP contribution < -0.4 is 0 Å². The number of halogens is 2. The van der Waals surface area contributed by atoms with Crippen LogP contribution in [0.2, 0.25) is 0 Å². The zero-order chi connectivity index (χ0) is 13.9. The molecule has 1 fully saturated rings. The second-order valence-electron chi connectivity index (χ2n) is 5.31. The van der Waals surface area contributed by atoms with Crippen molar-refractivity contribution in [3.8, 4) is 0 Å². The quantitative estimate of drug-likeness (QED) is 0.805. The fourth-order valence-electron chi connectivity index (χ4n) is 2.95. The lowest BCUT2D eigenvalue weighted by molar-refractivity contribution is 0.248. The van der Waals surface area contributed by atoms with Gasteiger partial charge in [-0.25, -0.2) is 8.78 Å². The summed E-state index contributed by atoms with van der Waals surface area (Å²) in [4.78, 5) is 2.34. The van der Waals surface area contributed by atoms with Crippen LogP contribution in [-0.2, 0) is 6.54 Å². The summed E-state index contributed by atoms with van der Waals surface area (Å²) in [6.07, 6.45) is 2.19. The number of rotatable bonds is 3. The fraction of sp³-hybridized carbons (Fsp3) is 0.294. The molecule has 1 heterocycles. The molecule has 1 aliphatic rings. The van der Waals surface area contributed by atoms with Crippen molar-refractivity contribution in [3.05, 3.63) is 71.3 Å². The van der Waals surface area contributed by atoms with Gasteiger partial charge in [0.25, 0.3) is 0 Å². The maximum absolute atomic E-state index is 13.2. The van der Waals surface area contributed by atoms with Gasteiger partial charge in [-0.1, -0.05) is 24.3 Å². The smallest absolute Gasteiger partial charge is 0.123 e. The van der Waals surface area contributed by atoms with E-state index in [2.05, 4.69) is 4.90 Å². The molecule has 3 rings (SSSR count). The van der Waals surface area contributed by atoms with E-state index in [9.17, 15) is 8.78 Å². The van der Waals surface area contributed by atoms with Crippen LogP contribution in [0.15, 0.2) is 48.5 Å². The van der Waals surface area contributed by atoms with Crippen LogP contribution >= 0.6 is 0 Å². The summed E-state index contributed by atoms with van der Waals surface area (Å²) in [5.74, 6) is -0.400. The zero-order valence-corrected chi connectivity index (χ0v) is 11.2. The summed E-state index contributed by atoms with van der Waals surface area (Å²) in [6.45, 7) is 1.73. The van der Waals surface area contributed by atoms with Crippen LogP contribution in [0.3, 0.4) is 0 Å². The molecule has 0 spiro atoms. The minimum absolute atomic E-state index is 0.194.